The summed E-state index contributed by atoms with van der Waals surface area (Å²) in [6, 6.07) is 5.23. The van der Waals surface area contributed by atoms with Crippen LogP contribution in [0.1, 0.15) is 41.6 Å². The molecule has 1 aliphatic carbocycles. The standard InChI is InChI=1S/C19H19F4N3O3/c20-18(11-5-6-11,26-9-3-7-17(26,24)19(21,22)23)13-10-12(16(28)29)15(27)25-8-2-1-4-14(13)25/h1-2,4,8,10-11H,3,5-7,9,24H2,(H,28,29). The third-order valence-electron chi connectivity index (χ3n) is 5.91. The maximum absolute atomic E-state index is 16.8. The summed E-state index contributed by atoms with van der Waals surface area (Å²) in [5.41, 5.74) is 0.989. The number of likely N-dealkylation sites (tertiary alicyclic amines) is 1. The minimum Gasteiger partial charge on any atom is -0.477 e. The number of carboxylic acid groups (broad SMARTS) is 1. The number of alkyl halides is 4. The van der Waals surface area contributed by atoms with Gasteiger partial charge in [0.05, 0.1) is 5.52 Å². The zero-order valence-corrected chi connectivity index (χ0v) is 15.2. The maximum atomic E-state index is 16.8. The predicted molar refractivity (Wildman–Crippen MR) is 95.0 cm³/mol. The average Bonchev–Trinajstić information content (AvgIpc) is 3.43. The summed E-state index contributed by atoms with van der Waals surface area (Å²) in [5, 5.41) is 9.41. The smallest absolute Gasteiger partial charge is 0.420 e. The quantitative estimate of drug-likeness (QED) is 0.595. The molecule has 2 atom stereocenters. The van der Waals surface area contributed by atoms with Gasteiger partial charge < -0.3 is 10.8 Å². The Kier molecular flexibility index (Phi) is 4.29. The number of pyridine rings is 2. The molecule has 6 nitrogen and oxygen atoms in total. The van der Waals surface area contributed by atoms with E-state index < -0.39 is 47.1 Å². The lowest BCUT2D eigenvalue weighted by molar-refractivity contribution is -0.258. The van der Waals surface area contributed by atoms with Gasteiger partial charge in [-0.2, -0.15) is 13.2 Å². The minimum atomic E-state index is -4.88. The van der Waals surface area contributed by atoms with Gasteiger partial charge in [0.15, 0.2) is 11.5 Å². The Bertz CT molecular complexity index is 1050. The van der Waals surface area contributed by atoms with Gasteiger partial charge in [0.2, 0.25) is 0 Å². The first-order chi connectivity index (χ1) is 13.5. The summed E-state index contributed by atoms with van der Waals surface area (Å²) in [6.45, 7) is -0.233. The van der Waals surface area contributed by atoms with Crippen LogP contribution in [0, 0.1) is 5.92 Å². The number of carbonyl (C=O) groups is 1. The van der Waals surface area contributed by atoms with Crippen molar-refractivity contribution in [2.45, 2.75) is 43.3 Å². The number of carboxylic acids is 1. The van der Waals surface area contributed by atoms with Gasteiger partial charge >= 0.3 is 12.1 Å². The molecule has 2 fully saturated rings. The fourth-order valence-electron chi connectivity index (χ4n) is 4.32. The lowest BCUT2D eigenvalue weighted by Gasteiger charge is -2.45. The first-order valence-electron chi connectivity index (χ1n) is 9.22. The molecule has 0 radical (unpaired) electrons. The van der Waals surface area contributed by atoms with Gasteiger partial charge in [0.25, 0.3) is 5.56 Å². The van der Waals surface area contributed by atoms with E-state index in [2.05, 4.69) is 0 Å². The van der Waals surface area contributed by atoms with Gasteiger partial charge in [-0.1, -0.05) is 6.07 Å². The number of aromatic carboxylic acids is 1. The Morgan fingerprint density at radius 1 is 1.24 bits per heavy atom. The molecular weight excluding hydrogens is 394 g/mol. The SMILES string of the molecule is NC1(C(F)(F)F)CCCN1C(F)(c1cc(C(=O)O)c(=O)n2ccccc12)C1CC1. The van der Waals surface area contributed by atoms with Crippen molar-refractivity contribution in [2.24, 2.45) is 11.7 Å². The summed E-state index contributed by atoms with van der Waals surface area (Å²) >= 11 is 0. The van der Waals surface area contributed by atoms with Gasteiger partial charge in [0, 0.05) is 24.2 Å². The van der Waals surface area contributed by atoms with Crippen LogP contribution in [0.4, 0.5) is 17.6 Å². The lowest BCUT2D eigenvalue weighted by atomic mass is 9.92. The number of hydrogen-bond acceptors (Lipinski definition) is 4. The molecule has 2 aliphatic rings. The first kappa shape index (κ1) is 19.8. The van der Waals surface area contributed by atoms with E-state index in [-0.39, 0.29) is 24.0 Å². The van der Waals surface area contributed by atoms with E-state index in [1.165, 1.54) is 24.4 Å². The summed E-state index contributed by atoms with van der Waals surface area (Å²) < 4.78 is 59.2. The molecule has 0 aromatic carbocycles. The van der Waals surface area contributed by atoms with E-state index >= 15 is 4.39 Å². The molecule has 0 bridgehead atoms. The number of nitrogens with two attached hydrogens (primary N) is 1. The highest BCUT2D eigenvalue weighted by molar-refractivity contribution is 5.88. The van der Waals surface area contributed by atoms with Crippen molar-refractivity contribution in [1.29, 1.82) is 0 Å². The molecule has 4 rings (SSSR count). The van der Waals surface area contributed by atoms with Crippen molar-refractivity contribution in [2.75, 3.05) is 6.54 Å². The average molecular weight is 413 g/mol. The predicted octanol–water partition coefficient (Wildman–Crippen LogP) is 2.84. The Balaban J connectivity index is 2.03. The highest BCUT2D eigenvalue weighted by Gasteiger charge is 2.67. The molecule has 2 unspecified atom stereocenters. The summed E-state index contributed by atoms with van der Waals surface area (Å²) in [5.74, 6) is -5.02. The van der Waals surface area contributed by atoms with Crippen LogP contribution in [0.25, 0.3) is 5.52 Å². The highest BCUT2D eigenvalue weighted by Crippen LogP contribution is 2.56. The summed E-state index contributed by atoms with van der Waals surface area (Å²) in [4.78, 5) is 24.7. The van der Waals surface area contributed by atoms with Crippen LogP contribution >= 0.6 is 0 Å². The molecule has 156 valence electrons. The summed E-state index contributed by atoms with van der Waals surface area (Å²) in [7, 11) is 0. The van der Waals surface area contributed by atoms with Gasteiger partial charge in [-0.15, -0.1) is 0 Å². The molecule has 2 aromatic rings. The van der Waals surface area contributed by atoms with E-state index in [4.69, 9.17) is 5.73 Å². The van der Waals surface area contributed by atoms with Crippen molar-refractivity contribution in [1.82, 2.24) is 9.30 Å². The van der Waals surface area contributed by atoms with E-state index in [9.17, 15) is 27.9 Å². The fourth-order valence-corrected chi connectivity index (χ4v) is 4.32. The number of hydrogen-bond donors (Lipinski definition) is 2. The normalized spacial score (nSPS) is 25.3. The second-order valence-corrected chi connectivity index (χ2v) is 7.66. The van der Waals surface area contributed by atoms with Crippen LogP contribution in [-0.4, -0.2) is 38.8 Å². The van der Waals surface area contributed by atoms with E-state index in [1.807, 2.05) is 0 Å². The second-order valence-electron chi connectivity index (χ2n) is 7.66. The fraction of sp³-hybridized carbons (Fsp3) is 0.474. The lowest BCUT2D eigenvalue weighted by Crippen LogP contribution is -2.67. The molecule has 0 amide bonds. The monoisotopic (exact) mass is 413 g/mol. The molecular formula is C19H19F4N3O3. The number of aromatic nitrogens is 1. The Labute approximate surface area is 162 Å². The van der Waals surface area contributed by atoms with E-state index in [0.717, 1.165) is 10.5 Å². The summed E-state index contributed by atoms with van der Waals surface area (Å²) in [6.07, 6.45) is -3.36. The largest absolute Gasteiger partial charge is 0.477 e. The van der Waals surface area contributed by atoms with Gasteiger partial charge in [-0.25, -0.2) is 14.1 Å². The van der Waals surface area contributed by atoms with Crippen LogP contribution < -0.4 is 11.3 Å². The molecule has 29 heavy (non-hydrogen) atoms. The molecule has 3 heterocycles. The number of rotatable bonds is 4. The van der Waals surface area contributed by atoms with Crippen LogP contribution in [0.15, 0.2) is 35.3 Å². The van der Waals surface area contributed by atoms with Crippen molar-refractivity contribution in [3.8, 4) is 0 Å². The third-order valence-corrected chi connectivity index (χ3v) is 5.91. The highest BCUT2D eigenvalue weighted by atomic mass is 19.4. The van der Waals surface area contributed by atoms with Gasteiger partial charge in [0.1, 0.15) is 5.56 Å². The molecule has 2 aromatic heterocycles. The van der Waals surface area contributed by atoms with Crippen molar-refractivity contribution < 1.29 is 27.5 Å². The van der Waals surface area contributed by atoms with E-state index in [1.54, 1.807) is 0 Å². The first-order valence-corrected chi connectivity index (χ1v) is 9.22. The molecule has 10 heteroatoms. The number of halogens is 4. The molecule has 1 saturated heterocycles. The topological polar surface area (TPSA) is 88.0 Å². The number of nitrogens with zero attached hydrogens (tertiary/aromatic N) is 2. The maximum Gasteiger partial charge on any atom is 0.420 e. The van der Waals surface area contributed by atoms with Gasteiger partial charge in [-0.05, 0) is 43.9 Å². The second kappa shape index (κ2) is 6.27. The van der Waals surface area contributed by atoms with Crippen molar-refractivity contribution >= 4 is 11.5 Å². The Morgan fingerprint density at radius 2 is 1.93 bits per heavy atom. The number of fused-ring (bicyclic) bond motifs is 1. The van der Waals surface area contributed by atoms with Crippen LogP contribution in [-0.2, 0) is 5.79 Å². The molecule has 3 N–H and O–H groups in total. The molecule has 0 spiro atoms. The van der Waals surface area contributed by atoms with Crippen LogP contribution in [0.3, 0.4) is 0 Å². The van der Waals surface area contributed by atoms with E-state index in [0.29, 0.717) is 17.7 Å². The van der Waals surface area contributed by atoms with Crippen LogP contribution in [0.2, 0.25) is 0 Å². The third kappa shape index (κ3) is 2.77. The molecule has 1 saturated carbocycles. The Morgan fingerprint density at radius 3 is 2.52 bits per heavy atom. The van der Waals surface area contributed by atoms with Crippen molar-refractivity contribution in [3.05, 3.63) is 51.9 Å². The zero-order chi connectivity index (χ0) is 21.2. The zero-order valence-electron chi connectivity index (χ0n) is 15.2. The van der Waals surface area contributed by atoms with Gasteiger partial charge in [-0.3, -0.25) is 9.20 Å². The van der Waals surface area contributed by atoms with Crippen LogP contribution in [0.5, 0.6) is 0 Å². The van der Waals surface area contributed by atoms with Crippen molar-refractivity contribution in [3.63, 3.8) is 0 Å². The Hall–Kier alpha value is -2.46. The molecule has 1 aliphatic heterocycles. The minimum absolute atomic E-state index is 0.0216.